The Morgan fingerprint density at radius 2 is 1.89 bits per heavy atom. The van der Waals surface area contributed by atoms with Crippen LogP contribution in [-0.2, 0) is 9.53 Å². The molecular weight excluding hydrogens is 361 g/mol. The fourth-order valence-electron chi connectivity index (χ4n) is 4.21. The number of nitrogens with two attached hydrogens (primary N) is 1. The molecule has 1 aliphatic heterocycles. The first-order valence-electron chi connectivity index (χ1n) is 9.95. The van der Waals surface area contributed by atoms with E-state index in [1.54, 1.807) is 15.9 Å². The summed E-state index contributed by atoms with van der Waals surface area (Å²) < 4.78 is 19.2. The van der Waals surface area contributed by atoms with Crippen LogP contribution >= 0.6 is 0 Å². The van der Waals surface area contributed by atoms with Crippen molar-refractivity contribution in [1.29, 1.82) is 0 Å². The molecule has 2 unspecified atom stereocenters. The molecule has 1 saturated carbocycles. The molecule has 1 saturated heterocycles. The van der Waals surface area contributed by atoms with Gasteiger partial charge in [-0.3, -0.25) is 9.59 Å². The van der Waals surface area contributed by atoms with Crippen LogP contribution in [0.4, 0.5) is 4.39 Å². The van der Waals surface area contributed by atoms with Gasteiger partial charge in [-0.25, -0.2) is 4.39 Å². The van der Waals surface area contributed by atoms with E-state index >= 15 is 0 Å². The second-order valence-corrected chi connectivity index (χ2v) is 8.29. The van der Waals surface area contributed by atoms with E-state index in [0.29, 0.717) is 51.2 Å². The van der Waals surface area contributed by atoms with Crippen LogP contribution in [0.3, 0.4) is 0 Å². The maximum atomic E-state index is 13.4. The largest absolute Gasteiger partial charge is 0.378 e. The summed E-state index contributed by atoms with van der Waals surface area (Å²) in [6.45, 7) is 8.41. The van der Waals surface area contributed by atoms with Gasteiger partial charge < -0.3 is 20.3 Å². The molecule has 3 rings (SSSR count). The number of ether oxygens (including phenoxy) is 1. The van der Waals surface area contributed by atoms with Gasteiger partial charge >= 0.3 is 0 Å². The van der Waals surface area contributed by atoms with E-state index in [1.807, 2.05) is 20.8 Å². The third kappa shape index (κ3) is 3.53. The summed E-state index contributed by atoms with van der Waals surface area (Å²) in [5.41, 5.74) is 5.47. The molecule has 0 spiro atoms. The average molecular weight is 391 g/mol. The highest BCUT2D eigenvalue weighted by Crippen LogP contribution is 2.50. The predicted molar refractivity (Wildman–Crippen MR) is 104 cm³/mol. The number of nitrogens with zero attached hydrogens (tertiary/aromatic N) is 2. The quantitative estimate of drug-likeness (QED) is 0.852. The highest BCUT2D eigenvalue weighted by molar-refractivity contribution is 5.94. The van der Waals surface area contributed by atoms with Crippen molar-refractivity contribution in [2.45, 2.75) is 45.3 Å². The average Bonchev–Trinajstić information content (AvgIpc) is 2.92. The summed E-state index contributed by atoms with van der Waals surface area (Å²) in [5.74, 6) is -0.719. The molecule has 1 heterocycles. The molecule has 1 aromatic rings. The molecular formula is C21H30FN3O3. The number of hydrogen-bond donors (Lipinski definition) is 1. The fraction of sp³-hybridized carbons (Fsp3) is 0.619. The number of rotatable bonds is 4. The Bertz CT molecular complexity index is 754. The second-order valence-electron chi connectivity index (χ2n) is 8.29. The van der Waals surface area contributed by atoms with Gasteiger partial charge in [-0.1, -0.05) is 19.9 Å². The molecule has 1 aliphatic carbocycles. The molecule has 6 nitrogen and oxygen atoms in total. The molecule has 0 bridgehead atoms. The number of hydrogen-bond acceptors (Lipinski definition) is 4. The number of carbonyl (C=O) groups excluding carboxylic acids is 2. The Balaban J connectivity index is 1.65. The summed E-state index contributed by atoms with van der Waals surface area (Å²) in [5, 5.41) is 0. The standard InChI is InChI=1S/C21H30FN3O3/c1-4-28-17-14-21(23,20(17,2)3)19(27)25-10-6-9-24(11-12-25)18(26)15-7-5-8-16(22)13-15/h5,7-8,13,17H,4,6,9-12,14,23H2,1-3H3. The monoisotopic (exact) mass is 391 g/mol. The van der Waals surface area contributed by atoms with Gasteiger partial charge in [0.15, 0.2) is 0 Å². The lowest BCUT2D eigenvalue weighted by Crippen LogP contribution is -2.76. The van der Waals surface area contributed by atoms with Gasteiger partial charge in [-0.2, -0.15) is 0 Å². The molecule has 2 fully saturated rings. The Hall–Kier alpha value is -1.99. The van der Waals surface area contributed by atoms with Crippen LogP contribution in [0.25, 0.3) is 0 Å². The third-order valence-corrected chi connectivity index (χ3v) is 6.35. The Labute approximate surface area is 165 Å². The fourth-order valence-corrected chi connectivity index (χ4v) is 4.21. The Morgan fingerprint density at radius 3 is 2.54 bits per heavy atom. The smallest absolute Gasteiger partial charge is 0.254 e. The van der Waals surface area contributed by atoms with Crippen LogP contribution in [0.1, 0.15) is 44.0 Å². The zero-order chi connectivity index (χ0) is 20.5. The topological polar surface area (TPSA) is 75.9 Å². The molecule has 28 heavy (non-hydrogen) atoms. The minimum absolute atomic E-state index is 0.0236. The Morgan fingerprint density at radius 1 is 1.21 bits per heavy atom. The summed E-state index contributed by atoms with van der Waals surface area (Å²) >= 11 is 0. The van der Waals surface area contributed by atoms with E-state index < -0.39 is 16.8 Å². The number of amides is 2. The third-order valence-electron chi connectivity index (χ3n) is 6.35. The number of halogens is 1. The number of carbonyl (C=O) groups is 2. The molecule has 0 radical (unpaired) electrons. The molecule has 0 aromatic heterocycles. The molecule has 2 amide bonds. The van der Waals surface area contributed by atoms with Gasteiger partial charge in [-0.15, -0.1) is 0 Å². The highest BCUT2D eigenvalue weighted by Gasteiger charge is 2.63. The summed E-state index contributed by atoms with van der Waals surface area (Å²) in [7, 11) is 0. The van der Waals surface area contributed by atoms with Gasteiger partial charge in [-0.05, 0) is 31.5 Å². The second kappa shape index (κ2) is 7.79. The first kappa shape index (κ1) is 20.7. The van der Waals surface area contributed by atoms with Crippen LogP contribution in [0.5, 0.6) is 0 Å². The van der Waals surface area contributed by atoms with Gasteiger partial charge in [0.2, 0.25) is 5.91 Å². The number of benzene rings is 1. The molecule has 1 aromatic carbocycles. The lowest BCUT2D eigenvalue weighted by molar-refractivity contribution is -0.179. The van der Waals surface area contributed by atoms with Crippen molar-refractivity contribution in [3.63, 3.8) is 0 Å². The van der Waals surface area contributed by atoms with Crippen molar-refractivity contribution in [1.82, 2.24) is 9.80 Å². The van der Waals surface area contributed by atoms with E-state index in [2.05, 4.69) is 0 Å². The highest BCUT2D eigenvalue weighted by atomic mass is 19.1. The van der Waals surface area contributed by atoms with E-state index in [9.17, 15) is 14.0 Å². The zero-order valence-corrected chi connectivity index (χ0v) is 16.9. The van der Waals surface area contributed by atoms with Crippen LogP contribution < -0.4 is 5.73 Å². The maximum Gasteiger partial charge on any atom is 0.254 e. The zero-order valence-electron chi connectivity index (χ0n) is 16.9. The molecule has 2 N–H and O–H groups in total. The predicted octanol–water partition coefficient (Wildman–Crippen LogP) is 2.03. The summed E-state index contributed by atoms with van der Waals surface area (Å²) in [6.07, 6.45) is 1.15. The van der Waals surface area contributed by atoms with E-state index in [1.165, 1.54) is 18.2 Å². The van der Waals surface area contributed by atoms with Crippen LogP contribution in [0.2, 0.25) is 0 Å². The van der Waals surface area contributed by atoms with Crippen molar-refractivity contribution in [3.05, 3.63) is 35.6 Å². The van der Waals surface area contributed by atoms with Crippen molar-refractivity contribution >= 4 is 11.8 Å². The van der Waals surface area contributed by atoms with Crippen LogP contribution in [0, 0.1) is 11.2 Å². The Kier molecular flexibility index (Phi) is 5.77. The van der Waals surface area contributed by atoms with Crippen molar-refractivity contribution in [3.8, 4) is 0 Å². The van der Waals surface area contributed by atoms with Gasteiger partial charge in [0.25, 0.3) is 5.91 Å². The molecule has 154 valence electrons. The van der Waals surface area contributed by atoms with Crippen LogP contribution in [0.15, 0.2) is 24.3 Å². The molecule has 2 aliphatic rings. The molecule has 7 heteroatoms. The van der Waals surface area contributed by atoms with Gasteiger partial charge in [0.1, 0.15) is 11.4 Å². The van der Waals surface area contributed by atoms with E-state index in [0.717, 1.165) is 0 Å². The van der Waals surface area contributed by atoms with Crippen molar-refractivity contribution < 1.29 is 18.7 Å². The SMILES string of the molecule is CCOC1CC(N)(C(=O)N2CCCN(C(=O)c3cccc(F)c3)CC2)C1(C)C. The summed E-state index contributed by atoms with van der Waals surface area (Å²) in [4.78, 5) is 29.3. The van der Waals surface area contributed by atoms with Gasteiger partial charge in [0, 0.05) is 50.2 Å². The minimum Gasteiger partial charge on any atom is -0.378 e. The molecule has 2 atom stereocenters. The van der Waals surface area contributed by atoms with E-state index in [-0.39, 0.29) is 17.9 Å². The van der Waals surface area contributed by atoms with E-state index in [4.69, 9.17) is 10.5 Å². The lowest BCUT2D eigenvalue weighted by Gasteiger charge is -2.58. The summed E-state index contributed by atoms with van der Waals surface area (Å²) in [6, 6.07) is 5.70. The van der Waals surface area contributed by atoms with Gasteiger partial charge in [0.05, 0.1) is 6.10 Å². The van der Waals surface area contributed by atoms with Crippen molar-refractivity contribution in [2.75, 3.05) is 32.8 Å². The van der Waals surface area contributed by atoms with Crippen molar-refractivity contribution in [2.24, 2.45) is 11.1 Å². The van der Waals surface area contributed by atoms with Crippen LogP contribution in [-0.4, -0.2) is 66.0 Å². The minimum atomic E-state index is -0.950. The lowest BCUT2D eigenvalue weighted by atomic mass is 9.54. The normalized spacial score (nSPS) is 27.1. The maximum absolute atomic E-state index is 13.4. The first-order valence-corrected chi connectivity index (χ1v) is 9.95. The first-order chi connectivity index (χ1) is 13.2.